The molecule has 1 aliphatic heterocycles. The van der Waals surface area contributed by atoms with Crippen molar-refractivity contribution in [2.24, 2.45) is 11.8 Å². The number of likely N-dealkylation sites (tertiary alicyclic amines) is 1. The monoisotopic (exact) mass is 235 g/mol. The molecule has 2 aliphatic rings. The van der Waals surface area contributed by atoms with Crippen LogP contribution in [0.3, 0.4) is 0 Å². The Morgan fingerprint density at radius 2 is 2.24 bits per heavy atom. The van der Waals surface area contributed by atoms with Crippen molar-refractivity contribution < 1.29 is 19.1 Å². The summed E-state index contributed by atoms with van der Waals surface area (Å²) in [7, 11) is 0. The molecule has 1 saturated heterocycles. The van der Waals surface area contributed by atoms with Gasteiger partial charge in [0, 0.05) is 0 Å². The second-order valence-electron chi connectivity index (χ2n) is 4.01. The summed E-state index contributed by atoms with van der Waals surface area (Å²) in [5, 5.41) is 0. The van der Waals surface area contributed by atoms with Gasteiger partial charge in [0.1, 0.15) is 0 Å². The first-order chi connectivity index (χ1) is 8.07. The first kappa shape index (κ1) is 11.6. The predicted molar refractivity (Wildman–Crippen MR) is 58.8 cm³/mol. The van der Waals surface area contributed by atoms with Crippen LogP contribution in [0.5, 0.6) is 0 Å². The minimum atomic E-state index is -0.885. The lowest BCUT2D eigenvalue weighted by Gasteiger charge is -2.17. The summed E-state index contributed by atoms with van der Waals surface area (Å²) >= 11 is 0. The third-order valence-corrected chi connectivity index (χ3v) is 3.00. The molecule has 2 unspecified atom stereocenters. The zero-order valence-electron chi connectivity index (χ0n) is 9.51. The number of carbonyl (C=O) groups is 3. The first-order valence-electron chi connectivity index (χ1n) is 5.47. The van der Waals surface area contributed by atoms with E-state index in [4.69, 9.17) is 4.74 Å². The number of fused-ring (bicyclic) bond motifs is 1. The second kappa shape index (κ2) is 4.16. The van der Waals surface area contributed by atoms with Crippen molar-refractivity contribution in [3.63, 3.8) is 0 Å². The summed E-state index contributed by atoms with van der Waals surface area (Å²) < 4.78 is 4.70. The number of nitrogens with zero attached hydrogens (tertiary/aromatic N) is 1. The summed E-state index contributed by atoms with van der Waals surface area (Å²) in [4.78, 5) is 36.1. The van der Waals surface area contributed by atoms with E-state index >= 15 is 0 Å². The van der Waals surface area contributed by atoms with Gasteiger partial charge >= 0.3 is 6.09 Å². The van der Waals surface area contributed by atoms with Crippen molar-refractivity contribution >= 4 is 17.9 Å². The molecular formula is C12H13NO4. The van der Waals surface area contributed by atoms with Gasteiger partial charge in [0.05, 0.1) is 18.4 Å². The zero-order chi connectivity index (χ0) is 12.6. The number of hydrogen-bond acceptors (Lipinski definition) is 4. The summed E-state index contributed by atoms with van der Waals surface area (Å²) in [5.74, 6) is -2.10. The number of hydrogen-bond donors (Lipinski definition) is 0. The van der Waals surface area contributed by atoms with E-state index in [0.717, 1.165) is 0 Å². The molecule has 5 nitrogen and oxygen atoms in total. The van der Waals surface area contributed by atoms with Crippen LogP contribution in [0.4, 0.5) is 4.79 Å². The average Bonchev–Trinajstić information content (AvgIpc) is 2.53. The summed E-state index contributed by atoms with van der Waals surface area (Å²) in [5.41, 5.74) is 0.575. The molecule has 3 amide bonds. The van der Waals surface area contributed by atoms with Gasteiger partial charge in [0.25, 0.3) is 0 Å². The van der Waals surface area contributed by atoms with E-state index in [1.165, 1.54) is 0 Å². The van der Waals surface area contributed by atoms with Crippen LogP contribution in [-0.4, -0.2) is 29.4 Å². The van der Waals surface area contributed by atoms with Gasteiger partial charge in [-0.25, -0.2) is 4.79 Å². The number of rotatable bonds is 1. The van der Waals surface area contributed by atoms with Crippen LogP contribution in [-0.2, 0) is 14.3 Å². The van der Waals surface area contributed by atoms with Gasteiger partial charge in [0.15, 0.2) is 0 Å². The van der Waals surface area contributed by atoms with Crippen molar-refractivity contribution in [2.75, 3.05) is 6.61 Å². The van der Waals surface area contributed by atoms with Gasteiger partial charge in [-0.05, 0) is 18.9 Å². The van der Waals surface area contributed by atoms with Crippen LogP contribution >= 0.6 is 0 Å². The molecule has 1 heterocycles. The van der Waals surface area contributed by atoms with E-state index in [2.05, 4.69) is 6.58 Å². The van der Waals surface area contributed by atoms with E-state index in [1.807, 2.05) is 0 Å². The predicted octanol–water partition coefficient (Wildman–Crippen LogP) is 1.26. The van der Waals surface area contributed by atoms with Gasteiger partial charge in [-0.2, -0.15) is 4.90 Å². The molecule has 90 valence electrons. The van der Waals surface area contributed by atoms with Crippen LogP contribution < -0.4 is 0 Å². The molecule has 0 aromatic heterocycles. The zero-order valence-corrected chi connectivity index (χ0v) is 9.51. The van der Waals surface area contributed by atoms with E-state index in [9.17, 15) is 14.4 Å². The summed E-state index contributed by atoms with van der Waals surface area (Å²) in [6.07, 6.45) is 3.10. The minimum Gasteiger partial charge on any atom is -0.449 e. The Morgan fingerprint density at radius 3 is 2.82 bits per heavy atom. The number of carbonyl (C=O) groups excluding carboxylic acids is 3. The molecule has 0 N–H and O–H groups in total. The van der Waals surface area contributed by atoms with Gasteiger partial charge in [0.2, 0.25) is 11.8 Å². The Morgan fingerprint density at radius 1 is 1.53 bits per heavy atom. The molecule has 0 radical (unpaired) electrons. The van der Waals surface area contributed by atoms with Gasteiger partial charge in [-0.1, -0.05) is 18.7 Å². The van der Waals surface area contributed by atoms with Crippen LogP contribution in [0.1, 0.15) is 13.3 Å². The van der Waals surface area contributed by atoms with Crippen LogP contribution in [0, 0.1) is 11.8 Å². The van der Waals surface area contributed by atoms with E-state index < -0.39 is 29.7 Å². The fraction of sp³-hybridized carbons (Fsp3) is 0.417. The fourth-order valence-corrected chi connectivity index (χ4v) is 2.22. The van der Waals surface area contributed by atoms with Crippen molar-refractivity contribution in [3.05, 3.63) is 24.3 Å². The first-order valence-corrected chi connectivity index (χ1v) is 5.47. The normalized spacial score (nSPS) is 27.4. The largest absolute Gasteiger partial charge is 0.449 e. The van der Waals surface area contributed by atoms with Crippen molar-refractivity contribution in [1.82, 2.24) is 4.90 Å². The van der Waals surface area contributed by atoms with Crippen LogP contribution in [0.2, 0.25) is 0 Å². The Hall–Kier alpha value is -1.91. The summed E-state index contributed by atoms with van der Waals surface area (Å²) in [6, 6.07) is 0. The molecule has 0 spiro atoms. The summed E-state index contributed by atoms with van der Waals surface area (Å²) in [6.45, 7) is 5.49. The van der Waals surface area contributed by atoms with E-state index in [-0.39, 0.29) is 6.61 Å². The Bertz CT molecular complexity index is 438. The number of ether oxygens (including phenoxy) is 1. The molecule has 1 aliphatic carbocycles. The topological polar surface area (TPSA) is 63.7 Å². The fourth-order valence-electron chi connectivity index (χ4n) is 2.22. The molecule has 17 heavy (non-hydrogen) atoms. The maximum Gasteiger partial charge on any atom is 0.423 e. The Balaban J connectivity index is 2.29. The third-order valence-electron chi connectivity index (χ3n) is 3.00. The van der Waals surface area contributed by atoms with Crippen molar-refractivity contribution in [2.45, 2.75) is 13.3 Å². The smallest absolute Gasteiger partial charge is 0.423 e. The lowest BCUT2D eigenvalue weighted by Crippen LogP contribution is -2.37. The van der Waals surface area contributed by atoms with Crippen molar-refractivity contribution in [1.29, 1.82) is 0 Å². The third kappa shape index (κ3) is 1.67. The molecule has 0 aromatic carbocycles. The second-order valence-corrected chi connectivity index (χ2v) is 4.01. The quantitative estimate of drug-likeness (QED) is 0.642. The highest BCUT2D eigenvalue weighted by molar-refractivity contribution is 6.16. The highest BCUT2D eigenvalue weighted by Gasteiger charge is 2.52. The molecule has 1 fully saturated rings. The standard InChI is InChI=1S/C12H13NO4/c1-3-17-12(16)13-10(14)8-6-4-5-7(2)9(8)11(13)15/h4-5,8-9H,2-3,6H2,1H3. The van der Waals surface area contributed by atoms with Gasteiger partial charge in [-0.3, -0.25) is 9.59 Å². The van der Waals surface area contributed by atoms with E-state index in [0.29, 0.717) is 16.9 Å². The van der Waals surface area contributed by atoms with E-state index in [1.54, 1.807) is 19.1 Å². The molecule has 0 saturated carbocycles. The molecule has 0 aromatic rings. The highest BCUT2D eigenvalue weighted by Crippen LogP contribution is 2.37. The average molecular weight is 235 g/mol. The van der Waals surface area contributed by atoms with Gasteiger partial charge in [-0.15, -0.1) is 0 Å². The molecule has 0 bridgehead atoms. The maximum atomic E-state index is 12.0. The van der Waals surface area contributed by atoms with Gasteiger partial charge < -0.3 is 4.74 Å². The SMILES string of the molecule is C=C1C=CCC2C(=O)N(C(=O)OCC)C(=O)C12. The number of allylic oxidation sites excluding steroid dienone is 2. The minimum absolute atomic E-state index is 0.129. The number of imide groups is 3. The van der Waals surface area contributed by atoms with Crippen LogP contribution in [0.25, 0.3) is 0 Å². The van der Waals surface area contributed by atoms with Crippen molar-refractivity contribution in [3.8, 4) is 0 Å². The maximum absolute atomic E-state index is 12.0. The van der Waals surface area contributed by atoms with Crippen LogP contribution in [0.15, 0.2) is 24.3 Å². The Kier molecular flexibility index (Phi) is 2.83. The lowest BCUT2D eigenvalue weighted by atomic mass is 9.82. The molecule has 2 atom stereocenters. The Labute approximate surface area is 98.7 Å². The lowest BCUT2D eigenvalue weighted by molar-refractivity contribution is -0.137. The highest BCUT2D eigenvalue weighted by atomic mass is 16.6. The molecule has 5 heteroatoms. The molecule has 2 rings (SSSR count). The molecular weight excluding hydrogens is 222 g/mol. The number of amides is 3.